The molecule has 0 saturated heterocycles. The predicted octanol–water partition coefficient (Wildman–Crippen LogP) is 2.83. The minimum Gasteiger partial charge on any atom is -0.385 e. The minimum atomic E-state index is -0.171. The number of nitrogens with zero attached hydrogens (tertiary/aromatic N) is 1. The number of ether oxygens (including phenoxy) is 1. The van der Waals surface area contributed by atoms with Gasteiger partial charge in [0.2, 0.25) is 0 Å². The molecular formula is C20H31ClN4O2. The summed E-state index contributed by atoms with van der Waals surface area (Å²) in [4.78, 5) is 16.4. The molecule has 0 aromatic heterocycles. The summed E-state index contributed by atoms with van der Waals surface area (Å²) in [7, 11) is 3.52. The zero-order valence-corrected chi connectivity index (χ0v) is 17.1. The SMILES string of the molecule is CN=C(NCCNC(=O)c1ccccc1Cl)NCC1(CCOC)CCCC1. The van der Waals surface area contributed by atoms with Gasteiger partial charge in [0.05, 0.1) is 10.6 Å². The number of aliphatic imine (C=N–C) groups is 1. The summed E-state index contributed by atoms with van der Waals surface area (Å²) in [6, 6.07) is 7.03. The van der Waals surface area contributed by atoms with Gasteiger partial charge in [-0.05, 0) is 36.8 Å². The van der Waals surface area contributed by atoms with Crippen LogP contribution in [0.4, 0.5) is 0 Å². The van der Waals surface area contributed by atoms with Crippen LogP contribution in [0.25, 0.3) is 0 Å². The van der Waals surface area contributed by atoms with Crippen molar-refractivity contribution < 1.29 is 9.53 Å². The van der Waals surface area contributed by atoms with E-state index in [1.807, 2.05) is 0 Å². The molecule has 0 spiro atoms. The Balaban J connectivity index is 1.72. The van der Waals surface area contributed by atoms with Gasteiger partial charge in [0.25, 0.3) is 5.91 Å². The second-order valence-electron chi connectivity index (χ2n) is 7.04. The molecule has 0 heterocycles. The molecule has 150 valence electrons. The molecule has 1 aliphatic rings. The third kappa shape index (κ3) is 6.70. The van der Waals surface area contributed by atoms with Crippen molar-refractivity contribution in [2.75, 3.05) is 40.4 Å². The standard InChI is InChI=1S/C20H31ClN4O2/c1-22-19(25-15-20(11-14-27-2)9-5-6-10-20)24-13-12-23-18(26)16-7-3-4-8-17(16)21/h3-4,7-8H,5-6,9-15H2,1-2H3,(H,23,26)(H2,22,24,25). The monoisotopic (exact) mass is 394 g/mol. The maximum Gasteiger partial charge on any atom is 0.252 e. The van der Waals surface area contributed by atoms with Gasteiger partial charge in [0, 0.05) is 40.4 Å². The summed E-state index contributed by atoms with van der Waals surface area (Å²) in [5.41, 5.74) is 0.786. The third-order valence-corrected chi connectivity index (χ3v) is 5.51. The molecule has 1 fully saturated rings. The topological polar surface area (TPSA) is 74.8 Å². The molecule has 1 saturated carbocycles. The first-order valence-electron chi connectivity index (χ1n) is 9.56. The van der Waals surface area contributed by atoms with Gasteiger partial charge in [-0.25, -0.2) is 0 Å². The molecule has 0 aliphatic heterocycles. The van der Waals surface area contributed by atoms with Gasteiger partial charge in [-0.15, -0.1) is 0 Å². The Morgan fingerprint density at radius 1 is 1.19 bits per heavy atom. The Morgan fingerprint density at radius 2 is 1.89 bits per heavy atom. The smallest absolute Gasteiger partial charge is 0.252 e. The fourth-order valence-corrected chi connectivity index (χ4v) is 3.77. The number of carbonyl (C=O) groups excluding carboxylic acids is 1. The average Bonchev–Trinajstić information content (AvgIpc) is 3.15. The fraction of sp³-hybridized carbons (Fsp3) is 0.600. The fourth-order valence-electron chi connectivity index (χ4n) is 3.55. The summed E-state index contributed by atoms with van der Waals surface area (Å²) in [6.07, 6.45) is 6.10. The molecule has 0 radical (unpaired) electrons. The Morgan fingerprint density at radius 3 is 2.56 bits per heavy atom. The highest BCUT2D eigenvalue weighted by atomic mass is 35.5. The van der Waals surface area contributed by atoms with Gasteiger partial charge in [0.15, 0.2) is 5.96 Å². The highest BCUT2D eigenvalue weighted by Gasteiger charge is 2.33. The number of carbonyl (C=O) groups is 1. The van der Waals surface area contributed by atoms with Crippen LogP contribution in [0.5, 0.6) is 0 Å². The van der Waals surface area contributed by atoms with Crippen molar-refractivity contribution >= 4 is 23.5 Å². The Labute approximate surface area is 167 Å². The molecule has 7 heteroatoms. The second kappa shape index (κ2) is 11.1. The summed E-state index contributed by atoms with van der Waals surface area (Å²) < 4.78 is 5.29. The Bertz CT molecular complexity index is 630. The number of guanidine groups is 1. The van der Waals surface area contributed by atoms with Crippen LogP contribution in [0.2, 0.25) is 5.02 Å². The molecule has 6 nitrogen and oxygen atoms in total. The summed E-state index contributed by atoms with van der Waals surface area (Å²) in [6.45, 7) is 2.75. The molecule has 1 amide bonds. The van der Waals surface area contributed by atoms with Crippen LogP contribution in [0.3, 0.4) is 0 Å². The third-order valence-electron chi connectivity index (χ3n) is 5.18. The predicted molar refractivity (Wildman–Crippen MR) is 111 cm³/mol. The van der Waals surface area contributed by atoms with Crippen molar-refractivity contribution in [2.24, 2.45) is 10.4 Å². The molecule has 3 N–H and O–H groups in total. The molecule has 0 bridgehead atoms. The van der Waals surface area contributed by atoms with E-state index in [4.69, 9.17) is 16.3 Å². The summed E-state index contributed by atoms with van der Waals surface area (Å²) in [5, 5.41) is 10.0. The zero-order valence-electron chi connectivity index (χ0n) is 16.3. The lowest BCUT2D eigenvalue weighted by atomic mass is 9.83. The number of benzene rings is 1. The Kier molecular flexibility index (Phi) is 8.88. The number of halogens is 1. The van der Waals surface area contributed by atoms with Crippen LogP contribution in [-0.2, 0) is 4.74 Å². The first-order valence-corrected chi connectivity index (χ1v) is 9.94. The van der Waals surface area contributed by atoms with Crippen LogP contribution >= 0.6 is 11.6 Å². The van der Waals surface area contributed by atoms with E-state index in [2.05, 4.69) is 20.9 Å². The molecule has 27 heavy (non-hydrogen) atoms. The summed E-state index contributed by atoms with van der Waals surface area (Å²) >= 11 is 6.04. The number of nitrogens with one attached hydrogen (secondary N) is 3. The quantitative estimate of drug-likeness (QED) is 0.342. The van der Waals surface area contributed by atoms with Crippen LogP contribution in [0, 0.1) is 5.41 Å². The van der Waals surface area contributed by atoms with E-state index in [-0.39, 0.29) is 5.91 Å². The van der Waals surface area contributed by atoms with Gasteiger partial charge >= 0.3 is 0 Å². The van der Waals surface area contributed by atoms with Gasteiger partial charge in [-0.2, -0.15) is 0 Å². The molecule has 0 unspecified atom stereocenters. The van der Waals surface area contributed by atoms with Gasteiger partial charge in [-0.1, -0.05) is 36.6 Å². The number of methoxy groups -OCH3 is 1. The van der Waals surface area contributed by atoms with E-state index in [9.17, 15) is 4.79 Å². The first kappa shape index (κ1) is 21.5. The zero-order chi connectivity index (χ0) is 19.5. The van der Waals surface area contributed by atoms with Crippen molar-refractivity contribution in [1.29, 1.82) is 0 Å². The van der Waals surface area contributed by atoms with Crippen molar-refractivity contribution in [2.45, 2.75) is 32.1 Å². The van der Waals surface area contributed by atoms with Gasteiger partial charge < -0.3 is 20.7 Å². The lowest BCUT2D eigenvalue weighted by Gasteiger charge is -2.30. The van der Waals surface area contributed by atoms with Crippen molar-refractivity contribution in [3.63, 3.8) is 0 Å². The van der Waals surface area contributed by atoms with E-state index in [1.165, 1.54) is 25.7 Å². The number of rotatable bonds is 9. The van der Waals surface area contributed by atoms with Crippen LogP contribution in [0.1, 0.15) is 42.5 Å². The van der Waals surface area contributed by atoms with Crippen molar-refractivity contribution in [1.82, 2.24) is 16.0 Å². The van der Waals surface area contributed by atoms with E-state index in [0.717, 1.165) is 25.5 Å². The maximum absolute atomic E-state index is 12.1. The summed E-state index contributed by atoms with van der Waals surface area (Å²) in [5.74, 6) is 0.584. The maximum atomic E-state index is 12.1. The van der Waals surface area contributed by atoms with Crippen LogP contribution in [-0.4, -0.2) is 52.3 Å². The van der Waals surface area contributed by atoms with Crippen LogP contribution < -0.4 is 16.0 Å². The molecule has 1 aromatic carbocycles. The van der Waals surface area contributed by atoms with E-state index in [0.29, 0.717) is 29.1 Å². The average molecular weight is 395 g/mol. The normalized spacial score (nSPS) is 16.2. The second-order valence-corrected chi connectivity index (χ2v) is 7.45. The molecule has 2 rings (SSSR count). The molecule has 1 aliphatic carbocycles. The van der Waals surface area contributed by atoms with E-state index >= 15 is 0 Å². The minimum absolute atomic E-state index is 0.171. The number of hydrogen-bond acceptors (Lipinski definition) is 3. The lowest BCUT2D eigenvalue weighted by Crippen LogP contribution is -2.45. The van der Waals surface area contributed by atoms with Crippen molar-refractivity contribution in [3.05, 3.63) is 34.9 Å². The van der Waals surface area contributed by atoms with E-state index in [1.54, 1.807) is 38.4 Å². The van der Waals surface area contributed by atoms with Crippen LogP contribution in [0.15, 0.2) is 29.3 Å². The van der Waals surface area contributed by atoms with Gasteiger partial charge in [-0.3, -0.25) is 9.79 Å². The van der Waals surface area contributed by atoms with Gasteiger partial charge in [0.1, 0.15) is 0 Å². The number of hydrogen-bond donors (Lipinski definition) is 3. The molecule has 0 atom stereocenters. The first-order chi connectivity index (χ1) is 13.1. The lowest BCUT2D eigenvalue weighted by molar-refractivity contribution is 0.0954. The Hall–Kier alpha value is -1.79. The number of amides is 1. The largest absolute Gasteiger partial charge is 0.385 e. The molecular weight excluding hydrogens is 364 g/mol. The highest BCUT2D eigenvalue weighted by Crippen LogP contribution is 2.40. The van der Waals surface area contributed by atoms with E-state index < -0.39 is 0 Å². The molecule has 1 aromatic rings. The van der Waals surface area contributed by atoms with Crippen molar-refractivity contribution in [3.8, 4) is 0 Å². The highest BCUT2D eigenvalue weighted by molar-refractivity contribution is 6.33.